The summed E-state index contributed by atoms with van der Waals surface area (Å²) in [6.45, 7) is 4.13. The molecule has 24 heavy (non-hydrogen) atoms. The molecule has 0 aliphatic carbocycles. The Morgan fingerprint density at radius 1 is 1.25 bits per heavy atom. The molecule has 3 rings (SSSR count). The number of carbonyl (C=O) groups is 1. The van der Waals surface area contributed by atoms with Crippen molar-refractivity contribution in [2.75, 3.05) is 0 Å². The van der Waals surface area contributed by atoms with Crippen molar-refractivity contribution < 1.29 is 9.53 Å². The highest BCUT2D eigenvalue weighted by Crippen LogP contribution is 2.36. The van der Waals surface area contributed by atoms with Gasteiger partial charge in [0.05, 0.1) is 6.04 Å². The van der Waals surface area contributed by atoms with Crippen LogP contribution in [0.3, 0.4) is 0 Å². The van der Waals surface area contributed by atoms with Gasteiger partial charge >= 0.3 is 6.09 Å². The van der Waals surface area contributed by atoms with Crippen molar-refractivity contribution in [3.63, 3.8) is 0 Å². The number of nitrogens with zero attached hydrogens (tertiary/aromatic N) is 1. The summed E-state index contributed by atoms with van der Waals surface area (Å²) in [7, 11) is 0. The summed E-state index contributed by atoms with van der Waals surface area (Å²) in [5, 5.41) is 0. The van der Waals surface area contributed by atoms with Gasteiger partial charge in [-0.1, -0.05) is 48.1 Å². The molecule has 2 aliphatic rings. The Bertz CT molecular complexity index is 593. The summed E-state index contributed by atoms with van der Waals surface area (Å²) >= 11 is 0. The van der Waals surface area contributed by atoms with Gasteiger partial charge in [-0.3, -0.25) is 4.90 Å². The van der Waals surface area contributed by atoms with Crippen molar-refractivity contribution in [2.24, 2.45) is 0 Å². The predicted molar refractivity (Wildman–Crippen MR) is 96.6 cm³/mol. The number of rotatable bonds is 7. The summed E-state index contributed by atoms with van der Waals surface area (Å²) in [6, 6.07) is 10.4. The molecule has 2 heterocycles. The highest BCUT2D eigenvalue weighted by Gasteiger charge is 2.40. The number of hydrogen-bond acceptors (Lipinski definition) is 2. The average Bonchev–Trinajstić information content (AvgIpc) is 2.88. The van der Waals surface area contributed by atoms with Gasteiger partial charge in [-0.05, 0) is 50.5 Å². The second kappa shape index (κ2) is 8.18. The minimum absolute atomic E-state index is 0.159. The first kappa shape index (κ1) is 16.8. The number of carbonyl (C=O) groups excluding carboxylic acids is 1. The van der Waals surface area contributed by atoms with E-state index in [9.17, 15) is 4.79 Å². The highest BCUT2D eigenvalue weighted by molar-refractivity contribution is 5.70. The Morgan fingerprint density at radius 2 is 2.08 bits per heavy atom. The van der Waals surface area contributed by atoms with E-state index < -0.39 is 0 Å². The lowest BCUT2D eigenvalue weighted by atomic mass is 9.96. The molecular formula is C21H27NO2. The summed E-state index contributed by atoms with van der Waals surface area (Å²) in [5.74, 6) is 0. The zero-order chi connectivity index (χ0) is 16.8. The second-order valence-electron chi connectivity index (χ2n) is 6.81. The number of amides is 1. The van der Waals surface area contributed by atoms with Gasteiger partial charge < -0.3 is 4.74 Å². The van der Waals surface area contributed by atoms with Crippen LogP contribution in [0.1, 0.15) is 50.5 Å². The Labute approximate surface area is 145 Å². The lowest BCUT2D eigenvalue weighted by molar-refractivity contribution is 0.0814. The summed E-state index contributed by atoms with van der Waals surface area (Å²) in [4.78, 5) is 14.5. The van der Waals surface area contributed by atoms with E-state index in [1.165, 1.54) is 18.4 Å². The quantitative estimate of drug-likeness (QED) is 0.507. The third-order valence-corrected chi connectivity index (χ3v) is 5.04. The third-order valence-electron chi connectivity index (χ3n) is 5.04. The largest absolute Gasteiger partial charge is 0.445 e. The fourth-order valence-electron chi connectivity index (χ4n) is 3.82. The SMILES string of the molecule is C=CCCCCC1=CC2CCC(C1)N2C(=O)OCc1ccccc1. The molecule has 1 saturated heterocycles. The van der Waals surface area contributed by atoms with Gasteiger partial charge in [0.15, 0.2) is 0 Å². The van der Waals surface area contributed by atoms with E-state index >= 15 is 0 Å². The van der Waals surface area contributed by atoms with Gasteiger partial charge in [0.2, 0.25) is 0 Å². The van der Waals surface area contributed by atoms with Crippen molar-refractivity contribution >= 4 is 6.09 Å². The van der Waals surface area contributed by atoms with E-state index in [4.69, 9.17) is 4.74 Å². The van der Waals surface area contributed by atoms with Gasteiger partial charge in [0, 0.05) is 6.04 Å². The standard InChI is InChI=1S/C21H27NO2/c1-2-3-4-6-11-18-14-19-12-13-20(15-18)22(19)21(23)24-16-17-9-7-5-8-10-17/h2,5,7-10,14,19-20H,1,3-4,6,11-13,15-16H2. The average molecular weight is 325 g/mol. The van der Waals surface area contributed by atoms with Crippen LogP contribution in [-0.2, 0) is 11.3 Å². The zero-order valence-corrected chi connectivity index (χ0v) is 14.3. The van der Waals surface area contributed by atoms with E-state index in [2.05, 4.69) is 12.7 Å². The third kappa shape index (κ3) is 4.08. The minimum Gasteiger partial charge on any atom is -0.445 e. The molecule has 1 aromatic carbocycles. The van der Waals surface area contributed by atoms with Crippen molar-refractivity contribution in [3.8, 4) is 0 Å². The van der Waals surface area contributed by atoms with E-state index in [1.54, 1.807) is 0 Å². The van der Waals surface area contributed by atoms with Crippen molar-refractivity contribution in [1.29, 1.82) is 0 Å². The normalized spacial score (nSPS) is 22.2. The van der Waals surface area contributed by atoms with Crippen molar-refractivity contribution in [2.45, 2.75) is 63.6 Å². The Hall–Kier alpha value is -2.03. The molecular weight excluding hydrogens is 298 g/mol. The fraction of sp³-hybridized carbons (Fsp3) is 0.476. The Balaban J connectivity index is 1.53. The van der Waals surface area contributed by atoms with Crippen LogP contribution in [0.2, 0.25) is 0 Å². The van der Waals surface area contributed by atoms with Crippen LogP contribution in [0.4, 0.5) is 4.79 Å². The number of allylic oxidation sites excluding steroid dienone is 1. The van der Waals surface area contributed by atoms with E-state index in [1.807, 2.05) is 41.3 Å². The molecule has 2 bridgehead atoms. The maximum Gasteiger partial charge on any atom is 0.410 e. The summed E-state index contributed by atoms with van der Waals surface area (Å²) < 4.78 is 5.54. The molecule has 3 nitrogen and oxygen atoms in total. The molecule has 1 amide bonds. The number of unbranched alkanes of at least 4 members (excludes halogenated alkanes) is 2. The van der Waals surface area contributed by atoms with Gasteiger partial charge in [-0.2, -0.15) is 0 Å². The second-order valence-corrected chi connectivity index (χ2v) is 6.81. The molecule has 2 unspecified atom stereocenters. The molecule has 0 radical (unpaired) electrons. The molecule has 0 spiro atoms. The van der Waals surface area contributed by atoms with E-state index in [0.717, 1.165) is 37.7 Å². The Kier molecular flexibility index (Phi) is 5.73. The van der Waals surface area contributed by atoms with Gasteiger partial charge in [0.1, 0.15) is 6.61 Å². The summed E-state index contributed by atoms with van der Waals surface area (Å²) in [5.41, 5.74) is 2.56. The van der Waals surface area contributed by atoms with Crippen LogP contribution >= 0.6 is 0 Å². The molecule has 0 saturated carbocycles. The van der Waals surface area contributed by atoms with Gasteiger partial charge in [0.25, 0.3) is 0 Å². The van der Waals surface area contributed by atoms with Gasteiger partial charge in [-0.15, -0.1) is 6.58 Å². The Morgan fingerprint density at radius 3 is 2.83 bits per heavy atom. The molecule has 2 atom stereocenters. The van der Waals surface area contributed by atoms with Crippen LogP contribution in [0.25, 0.3) is 0 Å². The molecule has 1 aromatic rings. The van der Waals surface area contributed by atoms with E-state index in [0.29, 0.717) is 12.6 Å². The van der Waals surface area contributed by atoms with Crippen LogP contribution in [0, 0.1) is 0 Å². The van der Waals surface area contributed by atoms with Crippen molar-refractivity contribution in [3.05, 3.63) is 60.2 Å². The highest BCUT2D eigenvalue weighted by atomic mass is 16.6. The maximum absolute atomic E-state index is 12.5. The first-order valence-corrected chi connectivity index (χ1v) is 9.07. The predicted octanol–water partition coefficient (Wildman–Crippen LogP) is 5.23. The molecule has 2 aliphatic heterocycles. The van der Waals surface area contributed by atoms with E-state index in [-0.39, 0.29) is 12.1 Å². The monoisotopic (exact) mass is 325 g/mol. The minimum atomic E-state index is -0.159. The number of benzene rings is 1. The van der Waals surface area contributed by atoms with Crippen LogP contribution in [-0.4, -0.2) is 23.1 Å². The smallest absolute Gasteiger partial charge is 0.410 e. The molecule has 3 heteroatoms. The first-order valence-electron chi connectivity index (χ1n) is 9.07. The van der Waals surface area contributed by atoms with Gasteiger partial charge in [-0.25, -0.2) is 4.79 Å². The molecule has 0 N–H and O–H groups in total. The molecule has 0 aromatic heterocycles. The van der Waals surface area contributed by atoms with Crippen molar-refractivity contribution in [1.82, 2.24) is 4.90 Å². The number of hydrogen-bond donors (Lipinski definition) is 0. The number of ether oxygens (including phenoxy) is 1. The lowest BCUT2D eigenvalue weighted by Crippen LogP contribution is -2.43. The first-order chi connectivity index (χ1) is 11.8. The van der Waals surface area contributed by atoms with Crippen LogP contribution in [0.5, 0.6) is 0 Å². The zero-order valence-electron chi connectivity index (χ0n) is 14.3. The van der Waals surface area contributed by atoms with Crippen LogP contribution < -0.4 is 0 Å². The lowest BCUT2D eigenvalue weighted by Gasteiger charge is -2.33. The van der Waals surface area contributed by atoms with Crippen LogP contribution in [0.15, 0.2) is 54.6 Å². The molecule has 128 valence electrons. The summed E-state index contributed by atoms with van der Waals surface area (Å²) in [6.07, 6.45) is 12.0. The maximum atomic E-state index is 12.5. The molecule has 1 fully saturated rings. The topological polar surface area (TPSA) is 29.5 Å². The fourth-order valence-corrected chi connectivity index (χ4v) is 3.82. The number of fused-ring (bicyclic) bond motifs is 2.